The van der Waals surface area contributed by atoms with Gasteiger partial charge >= 0.3 is 0 Å². The summed E-state index contributed by atoms with van der Waals surface area (Å²) in [6, 6.07) is 7.00. The topological polar surface area (TPSA) is 72.2 Å². The average molecular weight is 404 g/mol. The van der Waals surface area contributed by atoms with Crippen LogP contribution in [-0.4, -0.2) is 31.2 Å². The Bertz CT molecular complexity index is 1120. The van der Waals surface area contributed by atoms with Gasteiger partial charge in [0.15, 0.2) is 10.8 Å². The van der Waals surface area contributed by atoms with Gasteiger partial charge < -0.3 is 5.32 Å². The van der Waals surface area contributed by atoms with Crippen molar-refractivity contribution in [2.75, 3.05) is 11.1 Å². The molecule has 0 fully saturated rings. The number of fused-ring (bicyclic) bond motifs is 3. The van der Waals surface area contributed by atoms with E-state index in [0.717, 1.165) is 15.9 Å². The molecule has 0 saturated carbocycles. The van der Waals surface area contributed by atoms with Crippen molar-refractivity contribution in [2.24, 2.45) is 0 Å². The maximum atomic E-state index is 12.2. The summed E-state index contributed by atoms with van der Waals surface area (Å²) in [6.07, 6.45) is 1.71. The number of halogens is 1. The van der Waals surface area contributed by atoms with Crippen molar-refractivity contribution in [3.05, 3.63) is 46.1 Å². The number of hydrogen-bond acceptors (Lipinski definition) is 6. The Hall–Kier alpha value is -2.16. The zero-order chi connectivity index (χ0) is 18.3. The van der Waals surface area contributed by atoms with E-state index in [0.29, 0.717) is 15.9 Å². The van der Waals surface area contributed by atoms with Crippen molar-refractivity contribution >= 4 is 62.2 Å². The molecule has 0 saturated heterocycles. The van der Waals surface area contributed by atoms with Gasteiger partial charge in [-0.1, -0.05) is 23.4 Å². The van der Waals surface area contributed by atoms with Gasteiger partial charge in [-0.05, 0) is 43.7 Å². The number of carbonyl (C=O) groups excluding carboxylic acids is 1. The first-order valence-electron chi connectivity index (χ1n) is 7.80. The van der Waals surface area contributed by atoms with E-state index < -0.39 is 0 Å². The van der Waals surface area contributed by atoms with E-state index in [9.17, 15) is 4.79 Å². The maximum absolute atomic E-state index is 12.2. The van der Waals surface area contributed by atoms with Crippen LogP contribution >= 0.6 is 34.7 Å². The minimum Gasteiger partial charge on any atom is -0.325 e. The summed E-state index contributed by atoms with van der Waals surface area (Å²) in [7, 11) is 0. The molecule has 0 atom stereocenters. The molecule has 3 heterocycles. The normalized spacial score (nSPS) is 11.3. The smallest absolute Gasteiger partial charge is 0.234 e. The quantitative estimate of drug-likeness (QED) is 0.513. The van der Waals surface area contributed by atoms with Gasteiger partial charge in [-0.2, -0.15) is 0 Å². The molecule has 0 aliphatic rings. The number of rotatable bonds is 4. The molecular formula is C17H14ClN5OS2. The van der Waals surface area contributed by atoms with Crippen LogP contribution < -0.4 is 5.32 Å². The van der Waals surface area contributed by atoms with E-state index in [2.05, 4.69) is 34.3 Å². The van der Waals surface area contributed by atoms with E-state index in [1.165, 1.54) is 22.2 Å². The van der Waals surface area contributed by atoms with Crippen LogP contribution in [0, 0.1) is 13.8 Å². The van der Waals surface area contributed by atoms with Crippen LogP contribution in [0.15, 0.2) is 35.7 Å². The molecule has 1 aromatic carbocycles. The Labute approximate surface area is 162 Å². The molecule has 6 nitrogen and oxygen atoms in total. The molecule has 0 bridgehead atoms. The third-order valence-electron chi connectivity index (χ3n) is 4.01. The monoisotopic (exact) mass is 403 g/mol. The fourth-order valence-corrected chi connectivity index (χ4v) is 4.40. The van der Waals surface area contributed by atoms with Crippen LogP contribution in [-0.2, 0) is 4.79 Å². The summed E-state index contributed by atoms with van der Waals surface area (Å²) in [6.45, 7) is 4.14. The lowest BCUT2D eigenvalue weighted by atomic mass is 10.2. The molecule has 4 aromatic rings. The molecule has 0 aliphatic carbocycles. The third-order valence-corrected chi connectivity index (χ3v) is 6.32. The van der Waals surface area contributed by atoms with Crippen LogP contribution in [0.25, 0.3) is 15.9 Å². The second-order valence-electron chi connectivity index (χ2n) is 5.73. The molecular weight excluding hydrogens is 390 g/mol. The number of nitrogens with one attached hydrogen (secondary N) is 1. The zero-order valence-corrected chi connectivity index (χ0v) is 16.4. The van der Waals surface area contributed by atoms with Crippen molar-refractivity contribution in [1.29, 1.82) is 0 Å². The molecule has 1 N–H and O–H groups in total. The molecule has 132 valence electrons. The Morgan fingerprint density at radius 1 is 1.27 bits per heavy atom. The summed E-state index contributed by atoms with van der Waals surface area (Å²) in [5.41, 5.74) is 2.66. The van der Waals surface area contributed by atoms with Gasteiger partial charge in [0, 0.05) is 15.6 Å². The van der Waals surface area contributed by atoms with Gasteiger partial charge in [0.05, 0.1) is 11.1 Å². The predicted octanol–water partition coefficient (Wildman–Crippen LogP) is 4.34. The number of benzene rings is 1. The second kappa shape index (κ2) is 6.86. The summed E-state index contributed by atoms with van der Waals surface area (Å²) < 4.78 is 1.84. The van der Waals surface area contributed by atoms with Crippen LogP contribution in [0.5, 0.6) is 0 Å². The van der Waals surface area contributed by atoms with E-state index >= 15 is 0 Å². The molecule has 26 heavy (non-hydrogen) atoms. The highest BCUT2D eigenvalue weighted by Gasteiger charge is 2.16. The lowest BCUT2D eigenvalue weighted by Crippen LogP contribution is -2.14. The number of aromatic nitrogens is 4. The number of anilines is 1. The molecule has 4 rings (SSSR count). The van der Waals surface area contributed by atoms with Crippen molar-refractivity contribution in [3.63, 3.8) is 0 Å². The summed E-state index contributed by atoms with van der Waals surface area (Å²) in [5, 5.41) is 13.7. The Morgan fingerprint density at radius 2 is 2.04 bits per heavy atom. The van der Waals surface area contributed by atoms with Crippen LogP contribution in [0.1, 0.15) is 10.4 Å². The average Bonchev–Trinajstić information content (AvgIpc) is 3.16. The fourth-order valence-electron chi connectivity index (χ4n) is 2.58. The standard InChI is InChI=1S/C17H14ClN5OS2/c1-9-10(2)26-16-14(9)15-21-22-17(23(15)8-19-16)25-7-13(24)20-12-5-3-11(18)4-6-12/h3-6,8H,7H2,1-2H3,(H,20,24). The van der Waals surface area contributed by atoms with Crippen molar-refractivity contribution in [1.82, 2.24) is 19.6 Å². The van der Waals surface area contributed by atoms with Crippen molar-refractivity contribution < 1.29 is 4.79 Å². The Morgan fingerprint density at radius 3 is 2.81 bits per heavy atom. The second-order valence-corrected chi connectivity index (χ2v) is 8.31. The van der Waals surface area contributed by atoms with Crippen LogP contribution in [0.3, 0.4) is 0 Å². The lowest BCUT2D eigenvalue weighted by molar-refractivity contribution is -0.113. The number of amides is 1. The molecule has 0 spiro atoms. The van der Waals surface area contributed by atoms with E-state index in [-0.39, 0.29) is 11.7 Å². The minimum absolute atomic E-state index is 0.120. The van der Waals surface area contributed by atoms with Gasteiger partial charge in [-0.25, -0.2) is 4.98 Å². The van der Waals surface area contributed by atoms with E-state index in [4.69, 9.17) is 11.6 Å². The minimum atomic E-state index is -0.120. The van der Waals surface area contributed by atoms with Crippen LogP contribution in [0.4, 0.5) is 5.69 Å². The first kappa shape index (κ1) is 17.3. The Kier molecular flexibility index (Phi) is 4.56. The first-order chi connectivity index (χ1) is 12.5. The lowest BCUT2D eigenvalue weighted by Gasteiger charge is -2.04. The Balaban J connectivity index is 1.53. The van der Waals surface area contributed by atoms with E-state index in [1.54, 1.807) is 41.9 Å². The largest absolute Gasteiger partial charge is 0.325 e. The molecule has 9 heteroatoms. The summed E-state index contributed by atoms with van der Waals surface area (Å²) in [5.74, 6) is 0.106. The van der Waals surface area contributed by atoms with Crippen LogP contribution in [0.2, 0.25) is 5.02 Å². The highest BCUT2D eigenvalue weighted by Crippen LogP contribution is 2.32. The van der Waals surface area contributed by atoms with Gasteiger partial charge in [0.1, 0.15) is 11.2 Å². The first-order valence-corrected chi connectivity index (χ1v) is 9.98. The molecule has 1 amide bonds. The number of carbonyl (C=O) groups is 1. The predicted molar refractivity (Wildman–Crippen MR) is 106 cm³/mol. The number of thiophene rings is 1. The number of nitrogens with zero attached hydrogens (tertiary/aromatic N) is 4. The highest BCUT2D eigenvalue weighted by atomic mass is 35.5. The van der Waals surface area contributed by atoms with Gasteiger partial charge in [0.2, 0.25) is 5.91 Å². The fraction of sp³-hybridized carbons (Fsp3) is 0.176. The SMILES string of the molecule is Cc1sc2ncn3c(SCC(=O)Nc4ccc(Cl)cc4)nnc3c2c1C. The maximum Gasteiger partial charge on any atom is 0.234 e. The summed E-state index contributed by atoms with van der Waals surface area (Å²) in [4.78, 5) is 18.8. The number of thioether (sulfide) groups is 1. The van der Waals surface area contributed by atoms with E-state index in [1.807, 2.05) is 4.40 Å². The van der Waals surface area contributed by atoms with Crippen molar-refractivity contribution in [3.8, 4) is 0 Å². The van der Waals surface area contributed by atoms with Gasteiger partial charge in [0.25, 0.3) is 0 Å². The molecule has 0 unspecified atom stereocenters. The van der Waals surface area contributed by atoms with Gasteiger partial charge in [-0.3, -0.25) is 9.20 Å². The van der Waals surface area contributed by atoms with Crippen molar-refractivity contribution in [2.45, 2.75) is 19.0 Å². The molecule has 3 aromatic heterocycles. The van der Waals surface area contributed by atoms with Gasteiger partial charge in [-0.15, -0.1) is 21.5 Å². The molecule has 0 radical (unpaired) electrons. The zero-order valence-electron chi connectivity index (χ0n) is 14.0. The number of aryl methyl sites for hydroxylation is 2. The highest BCUT2D eigenvalue weighted by molar-refractivity contribution is 7.99. The number of hydrogen-bond donors (Lipinski definition) is 1. The third kappa shape index (κ3) is 3.15. The summed E-state index contributed by atoms with van der Waals surface area (Å²) >= 11 is 8.82. The molecule has 0 aliphatic heterocycles.